The fourth-order valence-electron chi connectivity index (χ4n) is 3.67. The summed E-state index contributed by atoms with van der Waals surface area (Å²) in [6, 6.07) is 3.75. The summed E-state index contributed by atoms with van der Waals surface area (Å²) in [6.45, 7) is 4.90. The lowest BCUT2D eigenvalue weighted by molar-refractivity contribution is -0.134. The molecule has 0 unspecified atom stereocenters. The number of hydrogen-bond donors (Lipinski definition) is 7. The van der Waals surface area contributed by atoms with Gasteiger partial charge in [-0.1, -0.05) is 31.1 Å². The summed E-state index contributed by atoms with van der Waals surface area (Å²) >= 11 is 0. The van der Waals surface area contributed by atoms with Gasteiger partial charge < -0.3 is 51.6 Å². The Morgan fingerprint density at radius 3 is 2.18 bits per heavy atom. The largest absolute Gasteiger partial charge is 0.465 e. The van der Waals surface area contributed by atoms with E-state index in [0.29, 0.717) is 30.9 Å². The van der Waals surface area contributed by atoms with Gasteiger partial charge in [-0.2, -0.15) is 0 Å². The number of ether oxygens (including phenoxy) is 3. The topological polar surface area (TPSA) is 268 Å². The van der Waals surface area contributed by atoms with Gasteiger partial charge in [-0.3, -0.25) is 14.4 Å². The summed E-state index contributed by atoms with van der Waals surface area (Å²) in [5.41, 5.74) is 14.4. The Bertz CT molecular complexity index is 1130. The van der Waals surface area contributed by atoms with Crippen molar-refractivity contribution in [3.8, 4) is 0 Å². The Morgan fingerprint density at radius 2 is 1.58 bits per heavy atom. The number of anilines is 1. The Hall–Kier alpha value is -4.64. The molecule has 0 aliphatic heterocycles. The molecule has 8 N–H and O–H groups in total. The number of carbonyl (C=O) groups is 5. The first-order chi connectivity index (χ1) is 21.5. The Labute approximate surface area is 260 Å². The number of nitrogens with one attached hydrogen (secondary N) is 5. The third-order valence-electron chi connectivity index (χ3n) is 5.91. The average Bonchev–Trinajstić information content (AvgIpc) is 2.99. The highest BCUT2D eigenvalue weighted by Crippen LogP contribution is 2.12. The molecule has 18 heteroatoms. The number of nitrogens with zero attached hydrogens (tertiary/aromatic N) is 3. The minimum absolute atomic E-state index is 0.0912. The molecule has 45 heavy (non-hydrogen) atoms. The fourth-order valence-corrected chi connectivity index (χ4v) is 3.67. The van der Waals surface area contributed by atoms with Crippen LogP contribution in [-0.2, 0) is 35.1 Å². The molecule has 0 aliphatic carbocycles. The number of primary amides is 1. The zero-order chi connectivity index (χ0) is 33.5. The highest BCUT2D eigenvalue weighted by Gasteiger charge is 2.29. The first-order valence-electron chi connectivity index (χ1n) is 14.3. The predicted octanol–water partition coefficient (Wildman–Crippen LogP) is 0.827. The molecule has 2 atom stereocenters. The van der Waals surface area contributed by atoms with Crippen molar-refractivity contribution >= 4 is 35.5 Å². The van der Waals surface area contributed by atoms with E-state index in [1.807, 2.05) is 0 Å². The molecule has 0 aromatic heterocycles. The first kappa shape index (κ1) is 38.4. The molecular formula is C27H43N9O9. The smallest absolute Gasteiger partial charge is 0.404 e. The van der Waals surface area contributed by atoms with Gasteiger partial charge in [0.1, 0.15) is 18.7 Å². The van der Waals surface area contributed by atoms with Gasteiger partial charge in [-0.05, 0) is 42.0 Å². The van der Waals surface area contributed by atoms with Crippen molar-refractivity contribution in [3.05, 3.63) is 40.3 Å². The summed E-state index contributed by atoms with van der Waals surface area (Å²) in [6.07, 6.45) is -0.693. The van der Waals surface area contributed by atoms with Crippen LogP contribution in [0.5, 0.6) is 0 Å². The zero-order valence-electron chi connectivity index (χ0n) is 25.5. The van der Waals surface area contributed by atoms with E-state index in [1.165, 1.54) is 0 Å². The number of amides is 6. The second kappa shape index (κ2) is 22.8. The van der Waals surface area contributed by atoms with Crippen molar-refractivity contribution in [2.75, 3.05) is 58.0 Å². The number of carbonyl (C=O) groups excluding carboxylic acids is 4. The lowest BCUT2D eigenvalue weighted by atomic mass is 10.0. The SMILES string of the molecule is CC(C)[C@H](NC(=O)COCCOCCOCCN=[N+]=[N-])C(=O)N[C@@H](CCCNC(N)=O)C(=O)Nc1ccc(CNC(=O)O)cc1. The van der Waals surface area contributed by atoms with Gasteiger partial charge in [0.05, 0.1) is 33.0 Å². The molecule has 0 spiro atoms. The van der Waals surface area contributed by atoms with Crippen molar-refractivity contribution in [2.24, 2.45) is 16.8 Å². The van der Waals surface area contributed by atoms with Crippen molar-refractivity contribution in [1.29, 1.82) is 0 Å². The quantitative estimate of drug-likeness (QED) is 0.0387. The number of urea groups is 1. The van der Waals surface area contributed by atoms with Crippen LogP contribution in [0.3, 0.4) is 0 Å². The molecule has 1 rings (SSSR count). The molecule has 250 valence electrons. The standard InChI is InChI=1S/C27H43N9O9/c1-18(2)23(35-22(37)17-45-15-14-44-13-12-43-11-10-32-36-29)25(39)34-21(4-3-9-30-26(28)40)24(38)33-20-7-5-19(6-8-20)16-31-27(41)42/h5-8,18,21,23,31H,3-4,9-17H2,1-2H3,(H,33,38)(H,34,39)(H,35,37)(H,41,42)(H3,28,30,40)/t21-,23-/m0/s1. The van der Waals surface area contributed by atoms with Crippen molar-refractivity contribution in [2.45, 2.75) is 45.3 Å². The van der Waals surface area contributed by atoms with Crippen LogP contribution in [0, 0.1) is 5.92 Å². The summed E-state index contributed by atoms with van der Waals surface area (Å²) in [4.78, 5) is 63.2. The van der Waals surface area contributed by atoms with Gasteiger partial charge in [0.2, 0.25) is 17.7 Å². The summed E-state index contributed by atoms with van der Waals surface area (Å²) in [5.74, 6) is -1.98. The van der Waals surface area contributed by atoms with Crippen LogP contribution >= 0.6 is 0 Å². The zero-order valence-corrected chi connectivity index (χ0v) is 25.5. The number of nitrogens with two attached hydrogens (primary N) is 1. The summed E-state index contributed by atoms with van der Waals surface area (Å²) < 4.78 is 15.8. The van der Waals surface area contributed by atoms with Crippen molar-refractivity contribution in [1.82, 2.24) is 21.3 Å². The maximum Gasteiger partial charge on any atom is 0.404 e. The summed E-state index contributed by atoms with van der Waals surface area (Å²) in [5, 5.41) is 24.8. The van der Waals surface area contributed by atoms with Gasteiger partial charge in [0.15, 0.2) is 0 Å². The maximum atomic E-state index is 13.2. The van der Waals surface area contributed by atoms with E-state index in [1.54, 1.807) is 38.1 Å². The lowest BCUT2D eigenvalue weighted by Gasteiger charge is -2.25. The summed E-state index contributed by atoms with van der Waals surface area (Å²) in [7, 11) is 0. The average molecular weight is 638 g/mol. The number of hydrogen-bond acceptors (Lipinski definition) is 9. The van der Waals surface area contributed by atoms with E-state index >= 15 is 0 Å². The van der Waals surface area contributed by atoms with Crippen LogP contribution < -0.4 is 32.3 Å². The Balaban J connectivity index is 2.65. The third-order valence-corrected chi connectivity index (χ3v) is 5.91. The maximum absolute atomic E-state index is 13.2. The van der Waals surface area contributed by atoms with Gasteiger partial charge in [-0.25, -0.2) is 9.59 Å². The molecule has 1 aromatic carbocycles. The van der Waals surface area contributed by atoms with E-state index in [9.17, 15) is 24.0 Å². The molecule has 6 amide bonds. The van der Waals surface area contributed by atoms with Crippen molar-refractivity contribution < 1.29 is 43.3 Å². The van der Waals surface area contributed by atoms with Crippen LogP contribution in [-0.4, -0.2) is 99.8 Å². The Kier molecular flexibility index (Phi) is 19.5. The molecule has 18 nitrogen and oxygen atoms in total. The molecule has 0 saturated carbocycles. The molecule has 0 saturated heterocycles. The van der Waals surface area contributed by atoms with Crippen molar-refractivity contribution in [3.63, 3.8) is 0 Å². The van der Waals surface area contributed by atoms with E-state index in [4.69, 9.17) is 30.6 Å². The minimum Gasteiger partial charge on any atom is -0.465 e. The van der Waals surface area contributed by atoms with Crippen LogP contribution in [0.4, 0.5) is 15.3 Å². The van der Waals surface area contributed by atoms with E-state index in [-0.39, 0.29) is 58.4 Å². The molecule has 0 radical (unpaired) electrons. The molecular weight excluding hydrogens is 594 g/mol. The predicted molar refractivity (Wildman–Crippen MR) is 162 cm³/mol. The highest BCUT2D eigenvalue weighted by molar-refractivity contribution is 5.98. The van der Waals surface area contributed by atoms with E-state index < -0.39 is 41.9 Å². The highest BCUT2D eigenvalue weighted by atomic mass is 16.5. The molecule has 0 aliphatic rings. The fraction of sp³-hybridized carbons (Fsp3) is 0.593. The molecule has 0 bridgehead atoms. The third kappa shape index (κ3) is 18.6. The Morgan fingerprint density at radius 1 is 0.933 bits per heavy atom. The van der Waals surface area contributed by atoms with Crippen LogP contribution in [0.2, 0.25) is 0 Å². The van der Waals surface area contributed by atoms with Gasteiger partial charge in [-0.15, -0.1) is 0 Å². The molecule has 0 heterocycles. The number of azide groups is 1. The van der Waals surface area contributed by atoms with Crippen LogP contribution in [0.25, 0.3) is 10.4 Å². The van der Waals surface area contributed by atoms with Crippen LogP contribution in [0.1, 0.15) is 32.3 Å². The van der Waals surface area contributed by atoms with E-state index in [0.717, 1.165) is 0 Å². The second-order valence-corrected chi connectivity index (χ2v) is 9.86. The minimum atomic E-state index is -1.16. The second-order valence-electron chi connectivity index (χ2n) is 9.86. The number of benzene rings is 1. The normalized spacial score (nSPS) is 11.9. The molecule has 0 fully saturated rings. The first-order valence-corrected chi connectivity index (χ1v) is 14.3. The lowest BCUT2D eigenvalue weighted by Crippen LogP contribution is -2.55. The number of carboxylic acid groups (broad SMARTS) is 1. The monoisotopic (exact) mass is 637 g/mol. The molecule has 1 aromatic rings. The van der Waals surface area contributed by atoms with E-state index in [2.05, 4.69) is 36.6 Å². The van der Waals surface area contributed by atoms with Gasteiger partial charge in [0.25, 0.3) is 0 Å². The van der Waals surface area contributed by atoms with Gasteiger partial charge >= 0.3 is 12.1 Å². The number of rotatable bonds is 23. The van der Waals surface area contributed by atoms with Crippen LogP contribution in [0.15, 0.2) is 29.4 Å². The van der Waals surface area contributed by atoms with Gasteiger partial charge in [0, 0.05) is 30.2 Å².